The average Bonchev–Trinajstić information content (AvgIpc) is 2.36. The highest BCUT2D eigenvalue weighted by Gasteiger charge is 2.40. The van der Waals surface area contributed by atoms with E-state index in [1.54, 1.807) is 20.8 Å². The summed E-state index contributed by atoms with van der Waals surface area (Å²) in [4.78, 5) is 23.6. The van der Waals surface area contributed by atoms with Crippen molar-refractivity contribution in [2.24, 2.45) is 0 Å². The second-order valence-corrected chi connectivity index (χ2v) is 6.57. The fourth-order valence-electron chi connectivity index (χ4n) is 1.75. The largest absolute Gasteiger partial charge is 0.479 e. The van der Waals surface area contributed by atoms with Crippen molar-refractivity contribution >= 4 is 34.7 Å². The first kappa shape index (κ1) is 17.7. The Kier molecular flexibility index (Phi) is 6.00. The number of aliphatic carboxylic acids is 1. The van der Waals surface area contributed by atoms with Crippen LogP contribution in [0.3, 0.4) is 0 Å². The van der Waals surface area contributed by atoms with Gasteiger partial charge in [0, 0.05) is 10.8 Å². The second kappa shape index (κ2) is 7.11. The maximum absolute atomic E-state index is 11.9. The Morgan fingerprint density at radius 2 is 1.81 bits per heavy atom. The minimum Gasteiger partial charge on any atom is -0.479 e. The summed E-state index contributed by atoms with van der Waals surface area (Å²) in [6, 6.07) is 9.20. The van der Waals surface area contributed by atoms with Crippen molar-refractivity contribution in [1.82, 2.24) is 5.32 Å². The highest BCUT2D eigenvalue weighted by atomic mass is 127. The number of nitrogens with one attached hydrogen (secondary N) is 1. The molecule has 0 spiro atoms. The molecule has 0 unspecified atom stereocenters. The lowest BCUT2D eigenvalue weighted by molar-refractivity contribution is -0.143. The van der Waals surface area contributed by atoms with Gasteiger partial charge < -0.3 is 15.2 Å². The first-order valence-corrected chi connectivity index (χ1v) is 8.05. The van der Waals surface area contributed by atoms with Gasteiger partial charge in [0.1, 0.15) is 5.60 Å². The van der Waals surface area contributed by atoms with E-state index in [0.29, 0.717) is 0 Å². The van der Waals surface area contributed by atoms with Crippen LogP contribution in [-0.4, -0.2) is 32.7 Å². The predicted octanol–water partition coefficient (Wildman–Crippen LogP) is 3.01. The van der Waals surface area contributed by atoms with E-state index in [4.69, 9.17) is 4.74 Å². The van der Waals surface area contributed by atoms with Crippen LogP contribution in [0, 0.1) is 0 Å². The van der Waals surface area contributed by atoms with Crippen molar-refractivity contribution in [3.05, 3.63) is 35.9 Å². The molecule has 1 aromatic carbocycles. The number of amides is 1. The maximum atomic E-state index is 11.9. The summed E-state index contributed by atoms with van der Waals surface area (Å²) in [5.41, 5.74) is -1.22. The fourth-order valence-corrected chi connectivity index (χ4v) is 2.54. The highest BCUT2D eigenvalue weighted by Crippen LogP contribution is 2.19. The van der Waals surface area contributed by atoms with Crippen LogP contribution in [0.25, 0.3) is 0 Å². The zero-order valence-electron chi connectivity index (χ0n) is 12.4. The van der Waals surface area contributed by atoms with Gasteiger partial charge in [0.2, 0.25) is 0 Å². The average molecular weight is 405 g/mol. The Hall–Kier alpha value is -1.31. The molecule has 0 saturated carbocycles. The number of carboxylic acids is 1. The summed E-state index contributed by atoms with van der Waals surface area (Å²) in [6.45, 7) is 5.20. The molecule has 1 atom stereocenters. The normalized spacial score (nSPS) is 14.1. The van der Waals surface area contributed by atoms with Gasteiger partial charge in [-0.25, -0.2) is 9.59 Å². The zero-order valence-corrected chi connectivity index (χ0v) is 14.5. The zero-order chi connectivity index (χ0) is 16.1. The van der Waals surface area contributed by atoms with E-state index < -0.39 is 23.2 Å². The smallest absolute Gasteiger partial charge is 0.408 e. The van der Waals surface area contributed by atoms with Crippen LogP contribution in [0.2, 0.25) is 0 Å². The van der Waals surface area contributed by atoms with E-state index in [-0.39, 0.29) is 10.8 Å². The Morgan fingerprint density at radius 3 is 2.24 bits per heavy atom. The predicted molar refractivity (Wildman–Crippen MR) is 88.8 cm³/mol. The third kappa shape index (κ3) is 5.53. The van der Waals surface area contributed by atoms with E-state index >= 15 is 0 Å². The van der Waals surface area contributed by atoms with Gasteiger partial charge in [-0.05, 0) is 26.3 Å². The number of carbonyl (C=O) groups is 2. The number of benzene rings is 1. The first-order chi connectivity index (χ1) is 9.68. The van der Waals surface area contributed by atoms with Gasteiger partial charge in [-0.2, -0.15) is 0 Å². The molecule has 0 aromatic heterocycles. The molecule has 0 aliphatic carbocycles. The van der Waals surface area contributed by atoms with E-state index in [9.17, 15) is 14.7 Å². The lowest BCUT2D eigenvalue weighted by Gasteiger charge is -2.30. The molecule has 0 heterocycles. The van der Waals surface area contributed by atoms with Crippen molar-refractivity contribution < 1.29 is 19.4 Å². The molecule has 0 saturated heterocycles. The number of halogens is 1. The fraction of sp³-hybridized carbons (Fsp3) is 0.467. The van der Waals surface area contributed by atoms with Gasteiger partial charge in [0.15, 0.2) is 5.54 Å². The van der Waals surface area contributed by atoms with Crippen molar-refractivity contribution in [3.63, 3.8) is 0 Å². The Labute approximate surface area is 138 Å². The van der Waals surface area contributed by atoms with E-state index in [1.165, 1.54) is 0 Å². The van der Waals surface area contributed by atoms with Gasteiger partial charge in [-0.1, -0.05) is 52.9 Å². The summed E-state index contributed by atoms with van der Waals surface area (Å²) in [5, 5.41) is 12.1. The third-order valence-corrected chi connectivity index (χ3v) is 4.03. The number of hydrogen-bond acceptors (Lipinski definition) is 3. The number of carboxylic acid groups (broad SMARTS) is 1. The molecule has 2 N–H and O–H groups in total. The molecule has 1 amide bonds. The van der Waals surface area contributed by atoms with Crippen LogP contribution in [-0.2, 0) is 16.0 Å². The van der Waals surface area contributed by atoms with Gasteiger partial charge in [0.25, 0.3) is 0 Å². The van der Waals surface area contributed by atoms with E-state index in [1.807, 2.05) is 52.9 Å². The van der Waals surface area contributed by atoms with Crippen molar-refractivity contribution in [3.8, 4) is 0 Å². The molecule has 1 aromatic rings. The van der Waals surface area contributed by atoms with Crippen molar-refractivity contribution in [2.45, 2.75) is 38.3 Å². The molecule has 0 fully saturated rings. The molecular formula is C15H20INO4. The molecule has 116 valence electrons. The van der Waals surface area contributed by atoms with Crippen molar-refractivity contribution in [1.29, 1.82) is 0 Å². The quantitative estimate of drug-likeness (QED) is 0.584. The SMILES string of the molecule is CC(C)(C)OC(=O)N[C@](CI)(Cc1ccccc1)C(=O)O. The molecule has 1 rings (SSSR count). The Balaban J connectivity index is 2.94. The van der Waals surface area contributed by atoms with Crippen LogP contribution < -0.4 is 5.32 Å². The number of alkyl halides is 1. The number of alkyl carbamates (subject to hydrolysis) is 1. The Morgan fingerprint density at radius 1 is 1.24 bits per heavy atom. The number of hydrogen-bond donors (Lipinski definition) is 2. The van der Waals surface area contributed by atoms with Crippen molar-refractivity contribution in [2.75, 3.05) is 4.43 Å². The summed E-state index contributed by atoms with van der Waals surface area (Å²) in [6.07, 6.45) is -0.525. The third-order valence-electron chi connectivity index (χ3n) is 2.73. The van der Waals surface area contributed by atoms with E-state index in [0.717, 1.165) is 5.56 Å². The number of ether oxygens (including phenoxy) is 1. The molecule has 21 heavy (non-hydrogen) atoms. The first-order valence-electron chi connectivity index (χ1n) is 6.53. The summed E-state index contributed by atoms with van der Waals surface area (Å²) >= 11 is 1.96. The highest BCUT2D eigenvalue weighted by molar-refractivity contribution is 14.1. The molecule has 0 aliphatic rings. The lowest BCUT2D eigenvalue weighted by Crippen LogP contribution is -2.58. The van der Waals surface area contributed by atoms with Gasteiger partial charge in [-0.15, -0.1) is 0 Å². The van der Waals surface area contributed by atoms with E-state index in [2.05, 4.69) is 5.32 Å². The molecule has 0 radical (unpaired) electrons. The van der Waals surface area contributed by atoms with Gasteiger partial charge in [0.05, 0.1) is 0 Å². The molecule has 5 nitrogen and oxygen atoms in total. The summed E-state index contributed by atoms with van der Waals surface area (Å²) in [5.74, 6) is -1.08. The molecule has 0 aliphatic heterocycles. The number of rotatable bonds is 5. The summed E-state index contributed by atoms with van der Waals surface area (Å²) < 4.78 is 5.40. The summed E-state index contributed by atoms with van der Waals surface area (Å²) in [7, 11) is 0. The van der Waals surface area contributed by atoms with Crippen LogP contribution in [0.5, 0.6) is 0 Å². The van der Waals surface area contributed by atoms with Crippen LogP contribution >= 0.6 is 22.6 Å². The van der Waals surface area contributed by atoms with Gasteiger partial charge >= 0.3 is 12.1 Å². The lowest BCUT2D eigenvalue weighted by atomic mass is 9.93. The standard InChI is InChI=1S/C15H20INO4/c1-14(2,3)21-13(20)17-15(10-16,12(18)19)9-11-7-5-4-6-8-11/h4-8H,9-10H2,1-3H3,(H,17,20)(H,18,19)/t15-/m0/s1. The van der Waals surface area contributed by atoms with Crippen LogP contribution in [0.4, 0.5) is 4.79 Å². The minimum atomic E-state index is -1.38. The van der Waals surface area contributed by atoms with Gasteiger partial charge in [-0.3, -0.25) is 0 Å². The van der Waals surface area contributed by atoms with Crippen LogP contribution in [0.15, 0.2) is 30.3 Å². The minimum absolute atomic E-state index is 0.200. The molecule has 6 heteroatoms. The number of carbonyl (C=O) groups excluding carboxylic acids is 1. The van der Waals surface area contributed by atoms with Crippen LogP contribution in [0.1, 0.15) is 26.3 Å². The second-order valence-electron chi connectivity index (χ2n) is 5.81. The Bertz CT molecular complexity index is 498. The topological polar surface area (TPSA) is 75.6 Å². The molecule has 0 bridgehead atoms. The maximum Gasteiger partial charge on any atom is 0.408 e. The monoisotopic (exact) mass is 405 g/mol. The molecular weight excluding hydrogens is 385 g/mol.